The van der Waals surface area contributed by atoms with Crippen molar-refractivity contribution in [2.45, 2.75) is 12.4 Å². The van der Waals surface area contributed by atoms with Gasteiger partial charge in [-0.3, -0.25) is 4.90 Å². The van der Waals surface area contributed by atoms with Crippen molar-refractivity contribution in [3.63, 3.8) is 0 Å². The van der Waals surface area contributed by atoms with E-state index in [2.05, 4.69) is 15.0 Å². The van der Waals surface area contributed by atoms with Gasteiger partial charge in [-0.1, -0.05) is 47.5 Å². The van der Waals surface area contributed by atoms with Crippen LogP contribution < -0.4 is 10.1 Å². The highest BCUT2D eigenvalue weighted by Gasteiger charge is 2.31. The Morgan fingerprint density at radius 1 is 1.00 bits per heavy atom. The van der Waals surface area contributed by atoms with Crippen LogP contribution in [0.4, 0.5) is 13.2 Å². The highest BCUT2D eigenvalue weighted by Crippen LogP contribution is 2.37. The van der Waals surface area contributed by atoms with Crippen LogP contribution >= 0.6 is 23.2 Å². The second kappa shape index (κ2) is 8.05. The minimum atomic E-state index is -4.71. The first-order valence-electron chi connectivity index (χ1n) is 8.09. The average Bonchev–Trinajstić information content (AvgIpc) is 2.60. The summed E-state index contributed by atoms with van der Waals surface area (Å²) in [6.07, 6.45) is -4.71. The molecule has 1 aliphatic rings. The molecule has 1 saturated heterocycles. The van der Waals surface area contributed by atoms with Crippen molar-refractivity contribution in [3.8, 4) is 5.75 Å². The number of piperazine rings is 1. The van der Waals surface area contributed by atoms with Crippen molar-refractivity contribution >= 4 is 23.2 Å². The number of nitrogens with zero attached hydrogens (tertiary/aromatic N) is 1. The van der Waals surface area contributed by atoms with E-state index in [1.54, 1.807) is 18.2 Å². The zero-order chi connectivity index (χ0) is 18.7. The zero-order valence-corrected chi connectivity index (χ0v) is 15.2. The third kappa shape index (κ3) is 4.62. The molecule has 1 aliphatic heterocycles. The maximum Gasteiger partial charge on any atom is 0.573 e. The molecule has 26 heavy (non-hydrogen) atoms. The van der Waals surface area contributed by atoms with Crippen LogP contribution in [0.3, 0.4) is 0 Å². The molecule has 0 spiro atoms. The van der Waals surface area contributed by atoms with Crippen LogP contribution in [0.5, 0.6) is 5.75 Å². The van der Waals surface area contributed by atoms with E-state index in [0.29, 0.717) is 10.0 Å². The van der Waals surface area contributed by atoms with Crippen molar-refractivity contribution in [1.29, 1.82) is 0 Å². The molecule has 0 unspecified atom stereocenters. The molecule has 1 atom stereocenters. The molecule has 0 bridgehead atoms. The Labute approximate surface area is 159 Å². The Morgan fingerprint density at radius 2 is 1.65 bits per heavy atom. The molecular formula is C18H17Cl2F3N2O. The van der Waals surface area contributed by atoms with Crippen LogP contribution in [0.2, 0.25) is 10.0 Å². The number of ether oxygens (including phenoxy) is 1. The van der Waals surface area contributed by atoms with Gasteiger partial charge < -0.3 is 10.1 Å². The van der Waals surface area contributed by atoms with E-state index in [1.807, 2.05) is 12.1 Å². The summed E-state index contributed by atoms with van der Waals surface area (Å²) >= 11 is 12.6. The first kappa shape index (κ1) is 19.3. The maximum absolute atomic E-state index is 12.4. The number of halogens is 5. The molecule has 0 amide bonds. The van der Waals surface area contributed by atoms with Gasteiger partial charge in [0.1, 0.15) is 5.75 Å². The van der Waals surface area contributed by atoms with Gasteiger partial charge in [-0.25, -0.2) is 0 Å². The van der Waals surface area contributed by atoms with Crippen LogP contribution in [-0.4, -0.2) is 37.4 Å². The zero-order valence-electron chi connectivity index (χ0n) is 13.7. The smallest absolute Gasteiger partial charge is 0.406 e. The fraction of sp³-hybridized carbons (Fsp3) is 0.333. The molecule has 0 saturated carbocycles. The predicted molar refractivity (Wildman–Crippen MR) is 95.9 cm³/mol. The fourth-order valence-electron chi connectivity index (χ4n) is 3.11. The van der Waals surface area contributed by atoms with Crippen molar-refractivity contribution in [2.24, 2.45) is 0 Å². The standard InChI is InChI=1S/C18H17Cl2F3N2O/c19-15-3-1-2-14(16(15)20)17(25-10-8-24-9-11-25)12-4-6-13(7-5-12)26-18(21,22)23/h1-7,17,24H,8-11H2/t17-/m1/s1. The fourth-order valence-corrected chi connectivity index (χ4v) is 3.52. The van der Waals surface area contributed by atoms with Crippen LogP contribution in [0, 0.1) is 0 Å². The number of benzene rings is 2. The average molecular weight is 405 g/mol. The summed E-state index contributed by atoms with van der Waals surface area (Å²) in [4.78, 5) is 2.23. The van der Waals surface area contributed by atoms with E-state index in [9.17, 15) is 13.2 Å². The molecule has 0 aromatic heterocycles. The topological polar surface area (TPSA) is 24.5 Å². The minimum absolute atomic E-state index is 0.205. The van der Waals surface area contributed by atoms with Gasteiger partial charge >= 0.3 is 6.36 Å². The third-order valence-electron chi connectivity index (χ3n) is 4.22. The molecule has 0 aliphatic carbocycles. The Kier molecular flexibility index (Phi) is 5.97. The summed E-state index contributed by atoms with van der Waals surface area (Å²) in [6.45, 7) is 3.22. The summed E-state index contributed by atoms with van der Waals surface area (Å²) in [6, 6.07) is 11.1. The molecule has 2 aromatic carbocycles. The molecule has 140 valence electrons. The minimum Gasteiger partial charge on any atom is -0.406 e. The van der Waals surface area contributed by atoms with Gasteiger partial charge in [0.25, 0.3) is 0 Å². The molecule has 3 nitrogen and oxygen atoms in total. The van der Waals surface area contributed by atoms with Crippen LogP contribution in [0.25, 0.3) is 0 Å². The summed E-state index contributed by atoms with van der Waals surface area (Å²) in [5.41, 5.74) is 1.65. The number of rotatable bonds is 4. The highest BCUT2D eigenvalue weighted by atomic mass is 35.5. The van der Waals surface area contributed by atoms with Gasteiger partial charge in [0.2, 0.25) is 0 Å². The highest BCUT2D eigenvalue weighted by molar-refractivity contribution is 6.42. The van der Waals surface area contributed by atoms with E-state index in [4.69, 9.17) is 23.2 Å². The lowest BCUT2D eigenvalue weighted by Gasteiger charge is -2.36. The lowest BCUT2D eigenvalue weighted by atomic mass is 9.96. The first-order chi connectivity index (χ1) is 12.3. The lowest BCUT2D eigenvalue weighted by Crippen LogP contribution is -2.45. The van der Waals surface area contributed by atoms with Crippen molar-refractivity contribution in [1.82, 2.24) is 10.2 Å². The Morgan fingerprint density at radius 3 is 2.27 bits per heavy atom. The Hall–Kier alpha value is -1.47. The van der Waals surface area contributed by atoms with E-state index >= 15 is 0 Å². The molecule has 1 N–H and O–H groups in total. The van der Waals surface area contributed by atoms with Crippen molar-refractivity contribution in [3.05, 3.63) is 63.6 Å². The molecule has 8 heteroatoms. The summed E-state index contributed by atoms with van der Waals surface area (Å²) in [7, 11) is 0. The lowest BCUT2D eigenvalue weighted by molar-refractivity contribution is -0.274. The van der Waals surface area contributed by atoms with Crippen molar-refractivity contribution in [2.75, 3.05) is 26.2 Å². The van der Waals surface area contributed by atoms with Gasteiger partial charge in [-0.05, 0) is 29.3 Å². The maximum atomic E-state index is 12.4. The summed E-state index contributed by atoms with van der Waals surface area (Å²) in [5.74, 6) is -0.252. The Balaban J connectivity index is 1.96. The van der Waals surface area contributed by atoms with Crippen LogP contribution in [0.1, 0.15) is 17.2 Å². The monoisotopic (exact) mass is 404 g/mol. The van der Waals surface area contributed by atoms with E-state index in [1.165, 1.54) is 12.1 Å². The number of nitrogens with one attached hydrogen (secondary N) is 1. The molecule has 1 heterocycles. The second-order valence-electron chi connectivity index (χ2n) is 5.95. The quantitative estimate of drug-likeness (QED) is 0.785. The molecular weight excluding hydrogens is 388 g/mol. The van der Waals surface area contributed by atoms with E-state index in [-0.39, 0.29) is 11.8 Å². The summed E-state index contributed by atoms with van der Waals surface area (Å²) < 4.78 is 41.1. The van der Waals surface area contributed by atoms with E-state index in [0.717, 1.165) is 37.3 Å². The first-order valence-corrected chi connectivity index (χ1v) is 8.85. The largest absolute Gasteiger partial charge is 0.573 e. The van der Waals surface area contributed by atoms with Gasteiger partial charge in [0.15, 0.2) is 0 Å². The summed E-state index contributed by atoms with van der Waals surface area (Å²) in [5, 5.41) is 4.19. The molecule has 3 rings (SSSR count). The van der Waals surface area contributed by atoms with Gasteiger partial charge in [0.05, 0.1) is 16.1 Å². The normalized spacial score (nSPS) is 17.1. The van der Waals surface area contributed by atoms with Crippen LogP contribution in [0.15, 0.2) is 42.5 Å². The molecule has 1 fully saturated rings. The SMILES string of the molecule is FC(F)(F)Oc1ccc([C@H](c2cccc(Cl)c2Cl)N2CCNCC2)cc1. The van der Waals surface area contributed by atoms with E-state index < -0.39 is 6.36 Å². The predicted octanol–water partition coefficient (Wildman–Crippen LogP) is 4.89. The van der Waals surface area contributed by atoms with Gasteiger partial charge in [-0.15, -0.1) is 13.2 Å². The van der Waals surface area contributed by atoms with Crippen LogP contribution in [-0.2, 0) is 0 Å². The van der Waals surface area contributed by atoms with Crippen molar-refractivity contribution < 1.29 is 17.9 Å². The molecule has 2 aromatic rings. The number of alkyl halides is 3. The Bertz CT molecular complexity index is 747. The second-order valence-corrected chi connectivity index (χ2v) is 6.73. The third-order valence-corrected chi connectivity index (χ3v) is 5.06. The number of hydrogen-bond donors (Lipinski definition) is 1. The number of hydrogen-bond acceptors (Lipinski definition) is 3. The van der Waals surface area contributed by atoms with Gasteiger partial charge in [0, 0.05) is 26.2 Å². The van der Waals surface area contributed by atoms with Gasteiger partial charge in [-0.2, -0.15) is 0 Å². The molecule has 0 radical (unpaired) electrons.